The summed E-state index contributed by atoms with van der Waals surface area (Å²) in [7, 11) is -4.41. The first-order valence-corrected chi connectivity index (χ1v) is 14.7. The SMILES string of the molecule is CCCCOC(=O)S(=O)(=O)Nc1ccccc1-c1ccc(Cn2c(CCC)nc3ccc([N+](=O)[O-])cc3c2=O)cc1. The van der Waals surface area contributed by atoms with Crippen LogP contribution in [0, 0.1) is 10.1 Å². The van der Waals surface area contributed by atoms with Gasteiger partial charge in [0.1, 0.15) is 5.82 Å². The molecule has 0 radical (unpaired) electrons. The van der Waals surface area contributed by atoms with Gasteiger partial charge in [0.15, 0.2) is 0 Å². The molecule has 0 atom stereocenters. The molecule has 0 saturated heterocycles. The lowest BCUT2D eigenvalue weighted by molar-refractivity contribution is -0.384. The minimum atomic E-state index is -4.41. The van der Waals surface area contributed by atoms with Crippen LogP contribution in [0.2, 0.25) is 0 Å². The molecular weight excluding hydrogens is 548 g/mol. The van der Waals surface area contributed by atoms with Crippen LogP contribution in [0.15, 0.2) is 71.5 Å². The molecule has 3 aromatic carbocycles. The number of ether oxygens (including phenoxy) is 1. The summed E-state index contributed by atoms with van der Waals surface area (Å²) in [6.07, 6.45) is 2.62. The molecule has 1 N–H and O–H groups in total. The standard InChI is InChI=1S/C29H30N4O7S/c1-3-5-17-40-29(35)41(38,39)31-26-10-7-6-9-23(26)21-13-11-20(12-14-21)19-32-27(8-4-2)30-25-16-15-22(33(36)37)18-24(25)28(32)34/h6-7,9-16,18,31H,3-5,8,17,19H2,1-2H3. The quantitative estimate of drug-likeness (QED) is 0.104. The van der Waals surface area contributed by atoms with E-state index in [-0.39, 0.29) is 35.5 Å². The van der Waals surface area contributed by atoms with Crippen LogP contribution < -0.4 is 10.3 Å². The molecule has 1 aromatic heterocycles. The summed E-state index contributed by atoms with van der Waals surface area (Å²) in [6, 6.07) is 17.9. The maximum Gasteiger partial charge on any atom is 0.445 e. The van der Waals surface area contributed by atoms with Crippen LogP contribution in [-0.2, 0) is 27.7 Å². The normalized spacial score (nSPS) is 11.4. The number of nitrogens with zero attached hydrogens (tertiary/aromatic N) is 3. The van der Waals surface area contributed by atoms with Gasteiger partial charge < -0.3 is 4.74 Å². The highest BCUT2D eigenvalue weighted by Crippen LogP contribution is 2.29. The van der Waals surface area contributed by atoms with E-state index < -0.39 is 20.2 Å². The number of para-hydroxylation sites is 1. The van der Waals surface area contributed by atoms with Gasteiger partial charge in [0.25, 0.3) is 11.2 Å². The van der Waals surface area contributed by atoms with Crippen molar-refractivity contribution >= 4 is 37.6 Å². The lowest BCUT2D eigenvalue weighted by Crippen LogP contribution is -2.26. The largest absolute Gasteiger partial charge is 0.453 e. The van der Waals surface area contributed by atoms with Crippen LogP contribution in [-0.4, -0.2) is 34.8 Å². The summed E-state index contributed by atoms with van der Waals surface area (Å²) in [5, 5.41) is 10.1. The van der Waals surface area contributed by atoms with Crippen molar-refractivity contribution in [2.24, 2.45) is 0 Å². The monoisotopic (exact) mass is 578 g/mol. The molecule has 12 heteroatoms. The Hall–Kier alpha value is -4.58. The van der Waals surface area contributed by atoms with E-state index in [0.29, 0.717) is 35.3 Å². The molecule has 11 nitrogen and oxygen atoms in total. The molecule has 0 spiro atoms. The molecule has 0 amide bonds. The fourth-order valence-corrected chi connectivity index (χ4v) is 5.10. The number of hydrogen-bond acceptors (Lipinski definition) is 8. The Kier molecular flexibility index (Phi) is 9.13. The van der Waals surface area contributed by atoms with Crippen molar-refractivity contribution in [2.75, 3.05) is 11.3 Å². The van der Waals surface area contributed by atoms with Crippen LogP contribution in [0.4, 0.5) is 16.2 Å². The van der Waals surface area contributed by atoms with E-state index in [1.54, 1.807) is 48.5 Å². The predicted molar refractivity (Wildman–Crippen MR) is 156 cm³/mol. The highest BCUT2D eigenvalue weighted by Gasteiger charge is 2.25. The summed E-state index contributed by atoms with van der Waals surface area (Å²) in [5.41, 5.74) is 2.08. The average molecular weight is 579 g/mol. The van der Waals surface area contributed by atoms with Gasteiger partial charge in [-0.2, -0.15) is 8.42 Å². The van der Waals surface area contributed by atoms with Crippen molar-refractivity contribution in [3.63, 3.8) is 0 Å². The molecule has 0 aliphatic rings. The van der Waals surface area contributed by atoms with Crippen LogP contribution in [0.25, 0.3) is 22.0 Å². The number of fused-ring (bicyclic) bond motifs is 1. The average Bonchev–Trinajstić information content (AvgIpc) is 2.95. The molecule has 0 aliphatic carbocycles. The summed E-state index contributed by atoms with van der Waals surface area (Å²) in [6.45, 7) is 4.09. The Labute approximate surface area is 237 Å². The molecule has 0 bridgehead atoms. The maximum absolute atomic E-state index is 13.4. The number of nitro benzene ring substituents is 1. The molecule has 0 saturated carbocycles. The van der Waals surface area contributed by atoms with Gasteiger partial charge in [-0.25, -0.2) is 9.78 Å². The number of carbonyl (C=O) groups is 1. The number of aromatic nitrogens is 2. The number of sulfonamides is 1. The molecule has 214 valence electrons. The first-order chi connectivity index (χ1) is 19.6. The minimum absolute atomic E-state index is 0.0199. The van der Waals surface area contributed by atoms with Gasteiger partial charge >= 0.3 is 15.3 Å². The smallest absolute Gasteiger partial charge is 0.445 e. The third-order valence-electron chi connectivity index (χ3n) is 6.42. The highest BCUT2D eigenvalue weighted by molar-refractivity contribution is 8.06. The summed E-state index contributed by atoms with van der Waals surface area (Å²) < 4.78 is 33.8. The second-order valence-corrected chi connectivity index (χ2v) is 11.0. The molecule has 4 aromatic rings. The number of nitro groups is 1. The molecule has 1 heterocycles. The zero-order valence-corrected chi connectivity index (χ0v) is 23.5. The third kappa shape index (κ3) is 6.77. The lowest BCUT2D eigenvalue weighted by atomic mass is 10.0. The van der Waals surface area contributed by atoms with Gasteiger partial charge in [-0.1, -0.05) is 62.7 Å². The number of anilines is 1. The van der Waals surface area contributed by atoms with Crippen molar-refractivity contribution in [3.05, 3.63) is 98.6 Å². The molecule has 0 aliphatic heterocycles. The lowest BCUT2D eigenvalue weighted by Gasteiger charge is -2.15. The van der Waals surface area contributed by atoms with Crippen molar-refractivity contribution < 1.29 is 22.9 Å². The minimum Gasteiger partial charge on any atom is -0.453 e. The number of aryl methyl sites for hydroxylation is 1. The Balaban J connectivity index is 1.63. The fraction of sp³-hybridized carbons (Fsp3) is 0.276. The Morgan fingerprint density at radius 1 is 1.05 bits per heavy atom. The van der Waals surface area contributed by atoms with Crippen LogP contribution >= 0.6 is 0 Å². The van der Waals surface area contributed by atoms with Gasteiger partial charge in [0.05, 0.1) is 34.7 Å². The summed E-state index contributed by atoms with van der Waals surface area (Å²) >= 11 is 0. The third-order valence-corrected chi connectivity index (χ3v) is 7.46. The summed E-state index contributed by atoms with van der Waals surface area (Å²) in [4.78, 5) is 40.8. The fourth-order valence-electron chi connectivity index (χ4n) is 4.31. The van der Waals surface area contributed by atoms with Crippen molar-refractivity contribution in [3.8, 4) is 11.1 Å². The van der Waals surface area contributed by atoms with E-state index in [1.807, 2.05) is 13.8 Å². The van der Waals surface area contributed by atoms with Gasteiger partial charge in [0, 0.05) is 24.1 Å². The van der Waals surface area contributed by atoms with E-state index in [0.717, 1.165) is 18.4 Å². The van der Waals surface area contributed by atoms with Crippen LogP contribution in [0.3, 0.4) is 0 Å². The zero-order valence-electron chi connectivity index (χ0n) is 22.7. The highest BCUT2D eigenvalue weighted by atomic mass is 32.2. The first kappa shape index (κ1) is 29.4. The molecular formula is C29H30N4O7S. The molecule has 41 heavy (non-hydrogen) atoms. The van der Waals surface area contributed by atoms with E-state index in [9.17, 15) is 28.1 Å². The number of hydrogen-bond donors (Lipinski definition) is 1. The molecule has 0 fully saturated rings. The number of benzene rings is 3. The number of carbonyl (C=O) groups excluding carboxylic acids is 1. The molecule has 0 unspecified atom stereocenters. The van der Waals surface area contributed by atoms with E-state index >= 15 is 0 Å². The van der Waals surface area contributed by atoms with E-state index in [2.05, 4.69) is 9.71 Å². The van der Waals surface area contributed by atoms with Crippen molar-refractivity contribution in [2.45, 2.75) is 46.1 Å². The number of non-ortho nitro benzene ring substituents is 1. The van der Waals surface area contributed by atoms with Crippen LogP contribution in [0.5, 0.6) is 0 Å². The maximum atomic E-state index is 13.4. The molecule has 4 rings (SSSR count). The number of rotatable bonds is 11. The summed E-state index contributed by atoms with van der Waals surface area (Å²) in [5.74, 6) is 0.577. The topological polar surface area (TPSA) is 150 Å². The number of unbranched alkanes of at least 4 members (excludes halogenated alkanes) is 1. The van der Waals surface area contributed by atoms with E-state index in [1.165, 1.54) is 22.8 Å². The second kappa shape index (κ2) is 12.7. The first-order valence-electron chi connectivity index (χ1n) is 13.2. The Morgan fingerprint density at radius 3 is 2.46 bits per heavy atom. The Bertz CT molecular complexity index is 1750. The van der Waals surface area contributed by atoms with Crippen LogP contribution in [0.1, 0.15) is 44.5 Å². The number of nitrogens with one attached hydrogen (secondary N) is 1. The van der Waals surface area contributed by atoms with Gasteiger partial charge in [-0.05, 0) is 36.1 Å². The van der Waals surface area contributed by atoms with E-state index in [4.69, 9.17) is 4.74 Å². The van der Waals surface area contributed by atoms with Gasteiger partial charge in [-0.15, -0.1) is 0 Å². The predicted octanol–water partition coefficient (Wildman–Crippen LogP) is 5.65. The Morgan fingerprint density at radius 2 is 1.78 bits per heavy atom. The van der Waals surface area contributed by atoms with Gasteiger partial charge in [-0.3, -0.25) is 24.2 Å². The zero-order chi connectivity index (χ0) is 29.6. The van der Waals surface area contributed by atoms with Crippen molar-refractivity contribution in [1.82, 2.24) is 9.55 Å². The van der Waals surface area contributed by atoms with Crippen molar-refractivity contribution in [1.29, 1.82) is 0 Å². The van der Waals surface area contributed by atoms with Gasteiger partial charge in [0.2, 0.25) is 0 Å². The second-order valence-electron chi connectivity index (χ2n) is 9.43.